The Bertz CT molecular complexity index is 306. The van der Waals surface area contributed by atoms with Crippen molar-refractivity contribution in [1.82, 2.24) is 4.72 Å². The molecule has 0 fully saturated rings. The molecule has 0 amide bonds. The van der Waals surface area contributed by atoms with Gasteiger partial charge in [0, 0.05) is 0 Å². The summed E-state index contributed by atoms with van der Waals surface area (Å²) in [7, 11) is -3.30. The first kappa shape index (κ1) is 15.4. The van der Waals surface area contributed by atoms with Gasteiger partial charge in [0.2, 0.25) is 10.0 Å². The van der Waals surface area contributed by atoms with Gasteiger partial charge in [-0.1, -0.05) is 39.5 Å². The molecule has 0 aromatic carbocycles. The first-order valence-electron chi connectivity index (χ1n) is 5.93. The highest BCUT2D eigenvalue weighted by Crippen LogP contribution is 2.15. The van der Waals surface area contributed by atoms with Crippen molar-refractivity contribution < 1.29 is 8.42 Å². The van der Waals surface area contributed by atoms with Crippen LogP contribution in [0.3, 0.4) is 0 Å². The molecule has 0 saturated heterocycles. The van der Waals surface area contributed by atoms with Gasteiger partial charge in [-0.3, -0.25) is 0 Å². The van der Waals surface area contributed by atoms with E-state index >= 15 is 0 Å². The third-order valence-electron chi connectivity index (χ3n) is 2.53. The molecule has 0 aliphatic carbocycles. The second-order valence-electron chi connectivity index (χ2n) is 3.93. The second kappa shape index (κ2) is 8.54. The lowest BCUT2D eigenvalue weighted by atomic mass is 10.1. The smallest absolute Gasteiger partial charge is 0.212 e. The second-order valence-corrected chi connectivity index (χ2v) is 5.98. The fraction of sp³-hybridized carbons (Fsp3) is 0.909. The van der Waals surface area contributed by atoms with Gasteiger partial charge in [0.25, 0.3) is 0 Å². The summed E-state index contributed by atoms with van der Waals surface area (Å²) in [4.78, 5) is 0. The van der Waals surface area contributed by atoms with Crippen LogP contribution in [0.4, 0.5) is 0 Å². The van der Waals surface area contributed by atoms with Crippen LogP contribution in [0.25, 0.3) is 0 Å². The lowest BCUT2D eigenvalue weighted by Crippen LogP contribution is -2.34. The van der Waals surface area contributed by atoms with Crippen molar-refractivity contribution in [3.05, 3.63) is 0 Å². The lowest BCUT2D eigenvalue weighted by molar-refractivity contribution is 0.534. The summed E-state index contributed by atoms with van der Waals surface area (Å²) in [6.45, 7) is 3.94. The highest BCUT2D eigenvalue weighted by molar-refractivity contribution is 7.90. The molecule has 0 heterocycles. The average molecular weight is 246 g/mol. The Kier molecular flexibility index (Phi) is 8.22. The van der Waals surface area contributed by atoms with E-state index in [1.54, 1.807) is 6.07 Å². The number of sulfonamides is 1. The first-order chi connectivity index (χ1) is 7.58. The van der Waals surface area contributed by atoms with Crippen molar-refractivity contribution >= 4 is 10.0 Å². The molecule has 1 unspecified atom stereocenters. The highest BCUT2D eigenvalue weighted by atomic mass is 32.2. The Morgan fingerprint density at radius 1 is 1.19 bits per heavy atom. The monoisotopic (exact) mass is 246 g/mol. The molecule has 94 valence electrons. The molecule has 0 rings (SSSR count). The summed E-state index contributed by atoms with van der Waals surface area (Å²) in [5, 5.41) is 8.04. The maximum Gasteiger partial charge on any atom is 0.215 e. The van der Waals surface area contributed by atoms with Crippen LogP contribution in [-0.2, 0) is 10.0 Å². The zero-order chi connectivity index (χ0) is 12.4. The fourth-order valence-corrected chi connectivity index (χ4v) is 3.17. The Morgan fingerprint density at radius 2 is 1.88 bits per heavy atom. The molecule has 0 spiro atoms. The maximum atomic E-state index is 11.8. The van der Waals surface area contributed by atoms with Crippen LogP contribution in [0.15, 0.2) is 0 Å². The van der Waals surface area contributed by atoms with Crippen molar-refractivity contribution in [2.45, 2.75) is 57.6 Å². The van der Waals surface area contributed by atoms with Crippen molar-refractivity contribution in [2.24, 2.45) is 0 Å². The van der Waals surface area contributed by atoms with Gasteiger partial charge in [0.1, 0.15) is 0 Å². The first-order valence-corrected chi connectivity index (χ1v) is 7.48. The van der Waals surface area contributed by atoms with Gasteiger partial charge in [0.15, 0.2) is 0 Å². The zero-order valence-corrected chi connectivity index (χ0v) is 11.0. The number of nitrogens with zero attached hydrogens (tertiary/aromatic N) is 1. The van der Waals surface area contributed by atoms with Crippen LogP contribution in [0, 0.1) is 11.3 Å². The number of rotatable bonds is 9. The van der Waals surface area contributed by atoms with Crippen molar-refractivity contribution in [2.75, 3.05) is 6.54 Å². The van der Waals surface area contributed by atoms with Gasteiger partial charge in [-0.25, -0.2) is 13.1 Å². The van der Waals surface area contributed by atoms with E-state index in [2.05, 4.69) is 11.6 Å². The minimum absolute atomic E-state index is 0.129. The summed E-state index contributed by atoms with van der Waals surface area (Å²) in [6, 6.07) is 1.80. The number of hydrogen-bond donors (Lipinski definition) is 1. The molecule has 1 atom stereocenters. The molecule has 0 bridgehead atoms. The van der Waals surface area contributed by atoms with Gasteiger partial charge in [-0.2, -0.15) is 5.26 Å². The van der Waals surface area contributed by atoms with Crippen molar-refractivity contribution in [3.8, 4) is 6.07 Å². The number of nitrogens with one attached hydrogen (secondary N) is 1. The van der Waals surface area contributed by atoms with E-state index in [9.17, 15) is 8.42 Å². The van der Waals surface area contributed by atoms with Crippen LogP contribution in [-0.4, -0.2) is 20.2 Å². The zero-order valence-electron chi connectivity index (χ0n) is 10.2. The third-order valence-corrected chi connectivity index (χ3v) is 4.43. The van der Waals surface area contributed by atoms with E-state index in [0.717, 1.165) is 25.7 Å². The SMILES string of the molecule is CCCCCC(CCC)S(=O)(=O)NCC#N. The van der Waals surface area contributed by atoms with Crippen LogP contribution in [0.2, 0.25) is 0 Å². The van der Waals surface area contributed by atoms with E-state index in [4.69, 9.17) is 5.26 Å². The summed E-state index contributed by atoms with van der Waals surface area (Å²) in [5.41, 5.74) is 0. The molecule has 16 heavy (non-hydrogen) atoms. The molecular weight excluding hydrogens is 224 g/mol. The molecular formula is C11H22N2O2S. The molecule has 4 nitrogen and oxygen atoms in total. The molecule has 0 aromatic heterocycles. The summed E-state index contributed by atoms with van der Waals surface area (Å²) < 4.78 is 26.0. The quantitative estimate of drug-likeness (QED) is 0.500. The van der Waals surface area contributed by atoms with Gasteiger partial charge in [0.05, 0.1) is 17.9 Å². The van der Waals surface area contributed by atoms with Crippen LogP contribution in [0.5, 0.6) is 0 Å². The van der Waals surface area contributed by atoms with Gasteiger partial charge < -0.3 is 0 Å². The maximum absolute atomic E-state index is 11.8. The van der Waals surface area contributed by atoms with Crippen LogP contribution < -0.4 is 4.72 Å². The Balaban J connectivity index is 4.32. The molecule has 0 aromatic rings. The van der Waals surface area contributed by atoms with Gasteiger partial charge in [-0.05, 0) is 12.8 Å². The highest BCUT2D eigenvalue weighted by Gasteiger charge is 2.23. The Labute approximate surface area is 99.1 Å². The van der Waals surface area contributed by atoms with Crippen molar-refractivity contribution in [3.63, 3.8) is 0 Å². The van der Waals surface area contributed by atoms with Gasteiger partial charge in [-0.15, -0.1) is 0 Å². The fourth-order valence-electron chi connectivity index (χ4n) is 1.65. The van der Waals surface area contributed by atoms with Crippen LogP contribution >= 0.6 is 0 Å². The van der Waals surface area contributed by atoms with Crippen molar-refractivity contribution in [1.29, 1.82) is 5.26 Å². The minimum atomic E-state index is -3.30. The predicted molar refractivity (Wildman–Crippen MR) is 65.4 cm³/mol. The summed E-state index contributed by atoms with van der Waals surface area (Å²) in [6.07, 6.45) is 5.31. The van der Waals surface area contributed by atoms with E-state index in [0.29, 0.717) is 12.8 Å². The van der Waals surface area contributed by atoms with Crippen LogP contribution in [0.1, 0.15) is 52.4 Å². The third kappa shape index (κ3) is 6.09. The number of nitriles is 1. The van der Waals surface area contributed by atoms with E-state index in [1.807, 2.05) is 6.92 Å². The molecule has 0 radical (unpaired) electrons. The van der Waals surface area contributed by atoms with Gasteiger partial charge >= 0.3 is 0 Å². The topological polar surface area (TPSA) is 70.0 Å². The molecule has 5 heteroatoms. The molecule has 1 N–H and O–H groups in total. The number of hydrogen-bond acceptors (Lipinski definition) is 3. The summed E-state index contributed by atoms with van der Waals surface area (Å²) in [5.74, 6) is 0. The largest absolute Gasteiger partial charge is 0.215 e. The summed E-state index contributed by atoms with van der Waals surface area (Å²) >= 11 is 0. The Morgan fingerprint density at radius 3 is 2.38 bits per heavy atom. The average Bonchev–Trinajstić information content (AvgIpc) is 2.25. The normalized spacial score (nSPS) is 13.3. The molecule has 0 saturated carbocycles. The standard InChI is InChI=1S/C11H22N2O2S/c1-3-5-6-8-11(7-4-2)16(14,15)13-10-9-12/h11,13H,3-8,10H2,1-2H3. The molecule has 0 aliphatic rings. The van der Waals surface area contributed by atoms with E-state index in [1.165, 1.54) is 0 Å². The lowest BCUT2D eigenvalue weighted by Gasteiger charge is -2.16. The van der Waals surface area contributed by atoms with E-state index in [-0.39, 0.29) is 11.8 Å². The Hall–Kier alpha value is -0.600. The number of unbranched alkanes of at least 4 members (excludes halogenated alkanes) is 2. The molecule has 0 aliphatic heterocycles. The minimum Gasteiger partial charge on any atom is -0.212 e. The predicted octanol–water partition coefficient (Wildman–Crippen LogP) is 2.18. The van der Waals surface area contributed by atoms with E-state index < -0.39 is 10.0 Å².